The molecule has 0 fully saturated rings. The zero-order valence-electron chi connectivity index (χ0n) is 33.6. The van der Waals surface area contributed by atoms with Gasteiger partial charge in [-0.05, 0) is 0 Å². The first-order valence-electron chi connectivity index (χ1n) is 20.2. The summed E-state index contributed by atoms with van der Waals surface area (Å²) in [6, 6.07) is 60.6. The van der Waals surface area contributed by atoms with Crippen LogP contribution < -0.4 is 47.4 Å². The van der Waals surface area contributed by atoms with Crippen LogP contribution in [-0.4, -0.2) is 37.3 Å². The first-order chi connectivity index (χ1) is 29.2. The van der Waals surface area contributed by atoms with Crippen LogP contribution in [0.25, 0.3) is 0 Å². The molecule has 0 saturated carbocycles. The fraction of sp³-hybridized carbons (Fsp3) is 0.0833. The molecule has 2 aromatic heterocycles. The SMILES string of the molecule is Cc1cc(C)[n+]2n1C(=O)N1c3ccccc3O[Si-]12(c1ccccc1)c1ccccc1.Cc1cc(C)[n+]2n1C(=O)N1c3ccccc3O[Si-]12(c1ccccc1)c1ccccc1. The summed E-state index contributed by atoms with van der Waals surface area (Å²) in [7, 11) is -8.48. The number of aromatic nitrogens is 4. The Hall–Kier alpha value is -7.29. The minimum absolute atomic E-state index is 0.0772. The van der Waals surface area contributed by atoms with Crippen LogP contribution >= 0.6 is 0 Å². The van der Waals surface area contributed by atoms with Gasteiger partial charge in [0.25, 0.3) is 0 Å². The van der Waals surface area contributed by atoms with E-state index in [-0.39, 0.29) is 12.1 Å². The summed E-state index contributed by atoms with van der Waals surface area (Å²) in [4.78, 5) is 28.1. The monoisotopic (exact) mass is 822 g/mol. The van der Waals surface area contributed by atoms with Crippen molar-refractivity contribution in [1.82, 2.24) is 9.36 Å². The number of para-hydroxylation sites is 4. The number of hydrogen-bond donors (Lipinski definition) is 0. The Labute approximate surface area is 348 Å². The third-order valence-corrected chi connectivity index (χ3v) is 24.8. The summed E-state index contributed by atoms with van der Waals surface area (Å²) < 4.78 is 26.1. The molecular weight excluding hydrogens is 781 g/mol. The Balaban J connectivity index is 0.000000136. The van der Waals surface area contributed by atoms with Crippen LogP contribution in [0.3, 0.4) is 0 Å². The molecule has 0 unspecified atom stereocenters. The first-order valence-corrected chi connectivity index (χ1v) is 24.8. The van der Waals surface area contributed by atoms with Crippen molar-refractivity contribution in [3.63, 3.8) is 0 Å². The molecule has 0 N–H and O–H groups in total. The summed E-state index contributed by atoms with van der Waals surface area (Å²) in [5.41, 5.74) is 5.43. The molecule has 2 amide bonds. The fourth-order valence-corrected chi connectivity index (χ4v) is 24.0. The van der Waals surface area contributed by atoms with Crippen LogP contribution in [-0.2, 0) is 0 Å². The van der Waals surface area contributed by atoms with Gasteiger partial charge in [0.05, 0.1) is 0 Å². The van der Waals surface area contributed by atoms with Crippen LogP contribution in [0.5, 0.6) is 11.5 Å². The first kappa shape index (κ1) is 35.8. The second kappa shape index (κ2) is 12.1. The van der Waals surface area contributed by atoms with Gasteiger partial charge in [0.2, 0.25) is 0 Å². The number of benzene rings is 6. The maximum absolute atomic E-state index is 14.1. The molecular formula is C48H42N6O4Si2. The number of carbonyl (C=O) groups excluding carboxylic acids is 2. The molecule has 12 heteroatoms. The van der Waals surface area contributed by atoms with Crippen LogP contribution in [0.1, 0.15) is 22.8 Å². The van der Waals surface area contributed by atoms with Gasteiger partial charge >= 0.3 is 350 Å². The number of nitrogens with zero attached hydrogens (tertiary/aromatic N) is 6. The summed E-state index contributed by atoms with van der Waals surface area (Å²) in [5, 5.41) is 4.05. The molecule has 60 heavy (non-hydrogen) atoms. The van der Waals surface area contributed by atoms with Crippen molar-refractivity contribution in [2.45, 2.75) is 27.7 Å². The van der Waals surface area contributed by atoms with E-state index in [4.69, 9.17) is 8.85 Å². The van der Waals surface area contributed by atoms with Gasteiger partial charge in [-0.2, -0.15) is 0 Å². The Kier molecular flexibility index (Phi) is 7.25. The quantitative estimate of drug-likeness (QED) is 0.215. The number of rotatable bonds is 4. The van der Waals surface area contributed by atoms with Gasteiger partial charge in [0, 0.05) is 0 Å². The van der Waals surface area contributed by atoms with E-state index in [1.807, 2.05) is 144 Å². The zero-order valence-corrected chi connectivity index (χ0v) is 35.6. The zero-order chi connectivity index (χ0) is 41.1. The number of anilines is 2. The molecule has 8 aromatic rings. The fourth-order valence-electron chi connectivity index (χ4n) is 10.9. The normalized spacial score (nSPS) is 18.7. The molecule has 12 rings (SSSR count). The summed E-state index contributed by atoms with van der Waals surface area (Å²) in [6.45, 7) is 8.06. The van der Waals surface area contributed by atoms with Crippen molar-refractivity contribution in [3.8, 4) is 11.5 Å². The van der Waals surface area contributed by atoms with E-state index < -0.39 is 15.8 Å². The molecule has 6 aromatic carbocycles. The van der Waals surface area contributed by atoms with E-state index in [1.54, 1.807) is 9.36 Å². The van der Waals surface area contributed by atoms with E-state index in [2.05, 4.69) is 83.2 Å². The molecule has 4 aliphatic rings. The van der Waals surface area contributed by atoms with Crippen LogP contribution in [0.4, 0.5) is 21.0 Å². The van der Waals surface area contributed by atoms with E-state index in [0.717, 1.165) is 66.4 Å². The van der Waals surface area contributed by atoms with Gasteiger partial charge in [0.1, 0.15) is 0 Å². The second-order valence-electron chi connectivity index (χ2n) is 16.1. The number of aryl methyl sites for hydroxylation is 4. The van der Waals surface area contributed by atoms with Crippen molar-refractivity contribution in [2.24, 2.45) is 0 Å². The van der Waals surface area contributed by atoms with Gasteiger partial charge in [0.15, 0.2) is 0 Å². The van der Waals surface area contributed by atoms with E-state index >= 15 is 0 Å². The number of carbonyl (C=O) groups is 2. The molecule has 10 nitrogen and oxygen atoms in total. The van der Waals surface area contributed by atoms with Crippen LogP contribution in [0.2, 0.25) is 0 Å². The second-order valence-corrected chi connectivity index (χ2v) is 24.8. The molecule has 296 valence electrons. The Bertz CT molecular complexity index is 2790. The molecule has 4 aliphatic heterocycles. The average molecular weight is 823 g/mol. The molecule has 0 spiro atoms. The summed E-state index contributed by atoms with van der Waals surface area (Å²) in [6.07, 6.45) is 0. The van der Waals surface area contributed by atoms with Gasteiger partial charge in [-0.15, -0.1) is 0 Å². The van der Waals surface area contributed by atoms with Crippen molar-refractivity contribution in [3.05, 3.63) is 205 Å². The predicted molar refractivity (Wildman–Crippen MR) is 235 cm³/mol. The summed E-state index contributed by atoms with van der Waals surface area (Å²) in [5.74, 6) is 1.48. The summed E-state index contributed by atoms with van der Waals surface area (Å²) >= 11 is 0. The Morgan fingerprint density at radius 3 is 1.00 bits per heavy atom. The van der Waals surface area contributed by atoms with E-state index in [9.17, 15) is 9.59 Å². The van der Waals surface area contributed by atoms with Gasteiger partial charge in [-0.1, -0.05) is 0 Å². The molecule has 0 bridgehead atoms. The molecule has 0 aliphatic carbocycles. The maximum atomic E-state index is 14.1. The van der Waals surface area contributed by atoms with Crippen LogP contribution in [0.15, 0.2) is 182 Å². The van der Waals surface area contributed by atoms with Crippen molar-refractivity contribution in [2.75, 3.05) is 9.13 Å². The minimum atomic E-state index is -4.24. The number of fused-ring (bicyclic) bond motifs is 10. The number of hydrogen-bond acceptors (Lipinski definition) is 4. The molecule has 0 saturated heterocycles. The Morgan fingerprint density at radius 1 is 0.400 bits per heavy atom. The Morgan fingerprint density at radius 2 is 0.683 bits per heavy atom. The van der Waals surface area contributed by atoms with Gasteiger partial charge in [-0.25, -0.2) is 0 Å². The topological polar surface area (TPSA) is 76.7 Å². The van der Waals surface area contributed by atoms with Crippen molar-refractivity contribution >= 4 is 60.0 Å². The average Bonchev–Trinajstić information content (AvgIpc) is 4.07. The van der Waals surface area contributed by atoms with E-state index in [1.165, 1.54) is 0 Å². The third-order valence-electron chi connectivity index (χ3n) is 12.9. The van der Waals surface area contributed by atoms with Crippen LogP contribution in [0, 0.1) is 27.7 Å². The van der Waals surface area contributed by atoms with E-state index in [0.29, 0.717) is 0 Å². The number of amides is 2. The third kappa shape index (κ3) is 3.92. The molecule has 0 radical (unpaired) electrons. The van der Waals surface area contributed by atoms with Gasteiger partial charge in [-0.3, -0.25) is 0 Å². The predicted octanol–water partition coefficient (Wildman–Crippen LogP) is 5.66. The van der Waals surface area contributed by atoms with Gasteiger partial charge < -0.3 is 0 Å². The molecule has 0 atom stereocenters. The standard InChI is InChI=1S/2C24H21N3O2Si/c2*1-18-17-19(2)27-25(18)24(28)26-22-15-9-10-16-23(22)29-30(26,27,20-11-5-3-6-12-20)21-13-7-4-8-14-21/h2*3-17H,1-2H3. The molecule has 6 heterocycles. The van der Waals surface area contributed by atoms with Crippen molar-refractivity contribution < 1.29 is 27.1 Å². The van der Waals surface area contributed by atoms with Crippen molar-refractivity contribution in [1.29, 1.82) is 0 Å².